The van der Waals surface area contributed by atoms with Gasteiger partial charge in [-0.1, -0.05) is 43.1 Å². The van der Waals surface area contributed by atoms with Crippen molar-refractivity contribution >= 4 is 40.7 Å². The van der Waals surface area contributed by atoms with Crippen molar-refractivity contribution in [3.8, 4) is 0 Å². The van der Waals surface area contributed by atoms with Crippen LogP contribution in [0.2, 0.25) is 10.0 Å². The van der Waals surface area contributed by atoms with Crippen LogP contribution in [-0.4, -0.2) is 16.5 Å². The molecule has 0 aliphatic carbocycles. The van der Waals surface area contributed by atoms with E-state index in [0.717, 1.165) is 12.4 Å². The van der Waals surface area contributed by atoms with Crippen LogP contribution in [-0.2, 0) is 0 Å². The van der Waals surface area contributed by atoms with Gasteiger partial charge in [-0.3, -0.25) is 0 Å². The molecule has 1 aromatic heterocycles. The van der Waals surface area contributed by atoms with Crippen LogP contribution in [0.25, 0.3) is 0 Å². The van der Waals surface area contributed by atoms with Crippen LogP contribution in [0.15, 0.2) is 30.5 Å². The van der Waals surface area contributed by atoms with Crippen LogP contribution in [0.3, 0.4) is 0 Å². The minimum atomic E-state index is 0.457. The van der Waals surface area contributed by atoms with Gasteiger partial charge in [0.25, 0.3) is 0 Å². The molecule has 0 amide bonds. The van der Waals surface area contributed by atoms with E-state index in [2.05, 4.69) is 34.4 Å². The Labute approximate surface area is 128 Å². The van der Waals surface area contributed by atoms with E-state index in [0.29, 0.717) is 27.6 Å². The second-order valence-corrected chi connectivity index (χ2v) is 5.55. The number of halogens is 2. The summed E-state index contributed by atoms with van der Waals surface area (Å²) in [5, 5.41) is 7.26. The lowest BCUT2D eigenvalue weighted by molar-refractivity contribution is 0.687. The Kier molecular flexibility index (Phi) is 5.04. The van der Waals surface area contributed by atoms with Crippen molar-refractivity contribution in [2.45, 2.75) is 13.8 Å². The molecule has 0 bridgehead atoms. The van der Waals surface area contributed by atoms with Crippen molar-refractivity contribution in [3.63, 3.8) is 0 Å². The van der Waals surface area contributed by atoms with E-state index in [1.165, 1.54) is 0 Å². The maximum Gasteiger partial charge on any atom is 0.229 e. The fourth-order valence-electron chi connectivity index (χ4n) is 1.55. The minimum Gasteiger partial charge on any atom is -0.370 e. The quantitative estimate of drug-likeness (QED) is 0.847. The number of aromatic nitrogens is 2. The fourth-order valence-corrected chi connectivity index (χ4v) is 1.89. The average Bonchev–Trinajstić information content (AvgIpc) is 2.42. The van der Waals surface area contributed by atoms with Crippen molar-refractivity contribution in [2.75, 3.05) is 17.2 Å². The maximum atomic E-state index is 6.12. The molecule has 4 nitrogen and oxygen atoms in total. The van der Waals surface area contributed by atoms with E-state index in [4.69, 9.17) is 23.2 Å². The van der Waals surface area contributed by atoms with Crippen molar-refractivity contribution in [1.29, 1.82) is 0 Å². The van der Waals surface area contributed by atoms with Crippen LogP contribution >= 0.6 is 23.2 Å². The second kappa shape index (κ2) is 6.77. The van der Waals surface area contributed by atoms with Crippen molar-refractivity contribution in [1.82, 2.24) is 9.97 Å². The summed E-state index contributed by atoms with van der Waals surface area (Å²) in [6.45, 7) is 5.13. The number of hydrogen-bond donors (Lipinski definition) is 2. The lowest BCUT2D eigenvalue weighted by Gasteiger charge is -2.11. The molecule has 1 aromatic carbocycles. The molecular formula is C14H16Cl2N4. The highest BCUT2D eigenvalue weighted by atomic mass is 35.5. The third kappa shape index (κ3) is 3.99. The summed E-state index contributed by atoms with van der Waals surface area (Å²) in [5.41, 5.74) is 0.681. The van der Waals surface area contributed by atoms with Crippen LogP contribution < -0.4 is 10.6 Å². The topological polar surface area (TPSA) is 49.8 Å². The van der Waals surface area contributed by atoms with Crippen molar-refractivity contribution in [2.24, 2.45) is 5.92 Å². The van der Waals surface area contributed by atoms with E-state index >= 15 is 0 Å². The molecule has 0 unspecified atom stereocenters. The number of nitrogens with zero attached hydrogens (tertiary/aromatic N) is 2. The van der Waals surface area contributed by atoms with Gasteiger partial charge in [0.2, 0.25) is 5.95 Å². The zero-order valence-corrected chi connectivity index (χ0v) is 12.8. The summed E-state index contributed by atoms with van der Waals surface area (Å²) in [5.74, 6) is 1.79. The summed E-state index contributed by atoms with van der Waals surface area (Å²) < 4.78 is 0. The molecule has 2 N–H and O–H groups in total. The van der Waals surface area contributed by atoms with Gasteiger partial charge in [0.1, 0.15) is 5.82 Å². The smallest absolute Gasteiger partial charge is 0.229 e. The predicted octanol–water partition coefficient (Wildman–Crippen LogP) is 4.59. The lowest BCUT2D eigenvalue weighted by atomic mass is 10.2. The number of hydrogen-bond acceptors (Lipinski definition) is 4. The molecule has 6 heteroatoms. The zero-order chi connectivity index (χ0) is 14.5. The normalized spacial score (nSPS) is 10.7. The van der Waals surface area contributed by atoms with E-state index in [9.17, 15) is 0 Å². The molecule has 2 aromatic rings. The first kappa shape index (κ1) is 14.9. The first-order chi connectivity index (χ1) is 9.56. The summed E-state index contributed by atoms with van der Waals surface area (Å²) in [6.07, 6.45) is 1.69. The molecule has 1 heterocycles. The number of anilines is 3. The lowest BCUT2D eigenvalue weighted by Crippen LogP contribution is -2.10. The molecular weight excluding hydrogens is 295 g/mol. The van der Waals surface area contributed by atoms with Gasteiger partial charge in [-0.2, -0.15) is 4.98 Å². The Morgan fingerprint density at radius 3 is 2.75 bits per heavy atom. The Bertz CT molecular complexity index is 587. The molecule has 0 aliphatic heterocycles. The fraction of sp³-hybridized carbons (Fsp3) is 0.286. The van der Waals surface area contributed by atoms with Crippen LogP contribution in [0.4, 0.5) is 17.5 Å². The highest BCUT2D eigenvalue weighted by molar-refractivity contribution is 6.43. The first-order valence-corrected chi connectivity index (χ1v) is 7.10. The Hall–Kier alpha value is -1.52. The maximum absolute atomic E-state index is 6.12. The van der Waals surface area contributed by atoms with Crippen molar-refractivity contribution < 1.29 is 0 Å². The highest BCUT2D eigenvalue weighted by Crippen LogP contribution is 2.30. The molecule has 0 radical (unpaired) electrons. The van der Waals surface area contributed by atoms with Gasteiger partial charge < -0.3 is 10.6 Å². The van der Waals surface area contributed by atoms with Gasteiger partial charge in [-0.25, -0.2) is 4.98 Å². The van der Waals surface area contributed by atoms with Gasteiger partial charge >= 0.3 is 0 Å². The largest absolute Gasteiger partial charge is 0.370 e. The van der Waals surface area contributed by atoms with Gasteiger partial charge in [0.05, 0.1) is 15.7 Å². The molecule has 0 aliphatic rings. The molecule has 0 saturated carbocycles. The third-order valence-corrected chi connectivity index (χ3v) is 3.36. The van der Waals surface area contributed by atoms with E-state index in [1.54, 1.807) is 12.3 Å². The summed E-state index contributed by atoms with van der Waals surface area (Å²) in [6, 6.07) is 7.20. The highest BCUT2D eigenvalue weighted by Gasteiger charge is 2.06. The average molecular weight is 311 g/mol. The molecule has 0 spiro atoms. The van der Waals surface area contributed by atoms with Gasteiger partial charge in [0.15, 0.2) is 0 Å². The van der Waals surface area contributed by atoms with E-state index < -0.39 is 0 Å². The molecule has 0 atom stereocenters. The van der Waals surface area contributed by atoms with Crippen molar-refractivity contribution in [3.05, 3.63) is 40.5 Å². The number of rotatable bonds is 5. The molecule has 20 heavy (non-hydrogen) atoms. The molecule has 0 saturated heterocycles. The summed E-state index contributed by atoms with van der Waals surface area (Å²) >= 11 is 12.1. The number of benzene rings is 1. The molecule has 106 valence electrons. The first-order valence-electron chi connectivity index (χ1n) is 6.34. The number of nitrogens with one attached hydrogen (secondary N) is 2. The summed E-state index contributed by atoms with van der Waals surface area (Å²) in [4.78, 5) is 8.54. The molecule has 2 rings (SSSR count). The van der Waals surface area contributed by atoms with Crippen LogP contribution in [0.5, 0.6) is 0 Å². The van der Waals surface area contributed by atoms with Gasteiger partial charge in [0, 0.05) is 12.7 Å². The summed E-state index contributed by atoms with van der Waals surface area (Å²) in [7, 11) is 0. The minimum absolute atomic E-state index is 0.457. The van der Waals surface area contributed by atoms with Gasteiger partial charge in [-0.05, 0) is 24.1 Å². The zero-order valence-electron chi connectivity index (χ0n) is 11.3. The third-order valence-electron chi connectivity index (χ3n) is 2.55. The van der Waals surface area contributed by atoms with Crippen LogP contribution in [0, 0.1) is 5.92 Å². The molecule has 0 fully saturated rings. The monoisotopic (exact) mass is 310 g/mol. The SMILES string of the molecule is CC(C)CNc1ccnc(Nc2cccc(Cl)c2Cl)n1. The van der Waals surface area contributed by atoms with E-state index in [-0.39, 0.29) is 0 Å². The predicted molar refractivity (Wildman–Crippen MR) is 85.1 cm³/mol. The Morgan fingerprint density at radius 1 is 1.20 bits per heavy atom. The second-order valence-electron chi connectivity index (χ2n) is 4.77. The standard InChI is InChI=1S/C14H16Cl2N4/c1-9(2)8-18-12-6-7-17-14(20-12)19-11-5-3-4-10(15)13(11)16/h3-7,9H,8H2,1-2H3,(H2,17,18,19,20). The Morgan fingerprint density at radius 2 is 2.00 bits per heavy atom. The Balaban J connectivity index is 2.13. The van der Waals surface area contributed by atoms with Gasteiger partial charge in [-0.15, -0.1) is 0 Å². The van der Waals surface area contributed by atoms with Crippen LogP contribution in [0.1, 0.15) is 13.8 Å². The van der Waals surface area contributed by atoms with E-state index in [1.807, 2.05) is 18.2 Å².